The number of hydrogen-bond acceptors (Lipinski definition) is 15. The van der Waals surface area contributed by atoms with E-state index in [0.29, 0.717) is 31.6 Å². The highest BCUT2D eigenvalue weighted by molar-refractivity contribution is 7.47. The number of unbranched alkanes of at least 4 members (excludes halogenated alkanes) is 41. The summed E-state index contributed by atoms with van der Waals surface area (Å²) in [4.78, 5) is 72.5. The van der Waals surface area contributed by atoms with Gasteiger partial charge < -0.3 is 33.8 Å². The highest BCUT2D eigenvalue weighted by Gasteiger charge is 2.30. The Morgan fingerprint density at radius 2 is 0.554 bits per heavy atom. The smallest absolute Gasteiger partial charge is 0.462 e. The van der Waals surface area contributed by atoms with E-state index in [2.05, 4.69) is 41.5 Å². The number of rotatable bonds is 72. The summed E-state index contributed by atoms with van der Waals surface area (Å²) in [5, 5.41) is 10.6. The minimum atomic E-state index is -4.95. The number of carbonyl (C=O) groups excluding carboxylic acids is 4. The van der Waals surface area contributed by atoms with Crippen molar-refractivity contribution in [3.05, 3.63) is 0 Å². The summed E-state index contributed by atoms with van der Waals surface area (Å²) in [5.74, 6) is -0.623. The molecule has 0 heterocycles. The number of aliphatic hydroxyl groups excluding tert-OH is 1. The Labute approximate surface area is 562 Å². The molecule has 0 fully saturated rings. The standard InChI is InChI=1S/C73H142O17P2/c1-7-10-12-14-16-17-18-19-20-21-22-23-24-25-26-27-28-33-39-45-51-57-72(77)89-69(62-84-71(76)56-50-44-38-32-30-29-31-37-42-48-54-66(6)9-3)64-88-92(81,82)86-60-67(74)59-85-91(79,80)87-63-68(61-83-70(75)55-49-43-35-15-13-11-8-2)90-73(78)58-52-46-40-34-36-41-47-53-65(4)5/h65-69,74H,7-64H2,1-6H3,(H,79,80)(H,81,82)/t66?,67-,68+,69+/m0/s1. The fourth-order valence-corrected chi connectivity index (χ4v) is 12.7. The van der Waals surface area contributed by atoms with Crippen LogP contribution in [-0.2, 0) is 65.4 Å². The lowest BCUT2D eigenvalue weighted by Gasteiger charge is -2.21. The average molecular weight is 1350 g/mol. The van der Waals surface area contributed by atoms with Crippen LogP contribution < -0.4 is 0 Å². The number of aliphatic hydroxyl groups is 1. The predicted molar refractivity (Wildman–Crippen MR) is 372 cm³/mol. The van der Waals surface area contributed by atoms with E-state index in [0.717, 1.165) is 109 Å². The molecule has 546 valence electrons. The zero-order valence-electron chi connectivity index (χ0n) is 59.9. The molecule has 0 aromatic rings. The van der Waals surface area contributed by atoms with Crippen LogP contribution >= 0.6 is 15.6 Å². The monoisotopic (exact) mass is 1350 g/mol. The summed E-state index contributed by atoms with van der Waals surface area (Å²) in [6.45, 7) is 9.49. The van der Waals surface area contributed by atoms with Crippen LogP contribution in [-0.4, -0.2) is 96.7 Å². The van der Waals surface area contributed by atoms with Crippen molar-refractivity contribution in [2.45, 2.75) is 394 Å². The molecule has 0 saturated heterocycles. The van der Waals surface area contributed by atoms with Crippen molar-refractivity contribution in [3.8, 4) is 0 Å². The van der Waals surface area contributed by atoms with Crippen LogP contribution in [0.25, 0.3) is 0 Å². The largest absolute Gasteiger partial charge is 0.472 e. The normalized spacial score (nSPS) is 14.4. The summed E-state index contributed by atoms with van der Waals surface area (Å²) in [6, 6.07) is 0. The molecule has 0 saturated carbocycles. The van der Waals surface area contributed by atoms with Crippen LogP contribution in [0.4, 0.5) is 0 Å². The zero-order chi connectivity index (χ0) is 67.9. The molecule has 92 heavy (non-hydrogen) atoms. The van der Waals surface area contributed by atoms with Gasteiger partial charge in [0, 0.05) is 25.7 Å². The second kappa shape index (κ2) is 65.0. The maximum atomic E-state index is 13.1. The van der Waals surface area contributed by atoms with Gasteiger partial charge in [-0.15, -0.1) is 0 Å². The molecule has 17 nitrogen and oxygen atoms in total. The van der Waals surface area contributed by atoms with Crippen LogP contribution in [0.1, 0.15) is 375 Å². The lowest BCUT2D eigenvalue weighted by atomic mass is 9.99. The molecule has 0 rings (SSSR count). The highest BCUT2D eigenvalue weighted by atomic mass is 31.2. The van der Waals surface area contributed by atoms with E-state index in [-0.39, 0.29) is 25.7 Å². The number of hydrogen-bond donors (Lipinski definition) is 3. The molecule has 0 aliphatic rings. The molecule has 0 amide bonds. The van der Waals surface area contributed by atoms with Crippen molar-refractivity contribution in [2.75, 3.05) is 39.6 Å². The number of phosphoric acid groups is 2. The van der Waals surface area contributed by atoms with Crippen LogP contribution in [0.3, 0.4) is 0 Å². The Hall–Kier alpha value is -1.94. The minimum absolute atomic E-state index is 0.103. The first-order valence-corrected chi connectivity index (χ1v) is 41.0. The van der Waals surface area contributed by atoms with Gasteiger partial charge >= 0.3 is 39.5 Å². The van der Waals surface area contributed by atoms with Crippen molar-refractivity contribution >= 4 is 39.5 Å². The average Bonchev–Trinajstić information content (AvgIpc) is 2.31. The van der Waals surface area contributed by atoms with Crippen LogP contribution in [0.2, 0.25) is 0 Å². The maximum Gasteiger partial charge on any atom is 0.472 e. The summed E-state index contributed by atoms with van der Waals surface area (Å²) in [6.07, 6.45) is 51.7. The van der Waals surface area contributed by atoms with Gasteiger partial charge in [0.1, 0.15) is 19.3 Å². The van der Waals surface area contributed by atoms with Gasteiger partial charge in [-0.2, -0.15) is 0 Å². The number of esters is 4. The van der Waals surface area contributed by atoms with Gasteiger partial charge in [0.2, 0.25) is 0 Å². The van der Waals surface area contributed by atoms with Crippen LogP contribution in [0.5, 0.6) is 0 Å². The van der Waals surface area contributed by atoms with Crippen LogP contribution in [0, 0.1) is 11.8 Å². The van der Waals surface area contributed by atoms with Gasteiger partial charge in [-0.1, -0.05) is 324 Å². The Kier molecular flexibility index (Phi) is 63.7. The van der Waals surface area contributed by atoms with Gasteiger partial charge in [0.15, 0.2) is 12.2 Å². The Bertz CT molecular complexity index is 1790. The highest BCUT2D eigenvalue weighted by Crippen LogP contribution is 2.45. The Morgan fingerprint density at radius 3 is 0.826 bits per heavy atom. The third kappa shape index (κ3) is 65.4. The second-order valence-corrected chi connectivity index (χ2v) is 30.0. The molecule has 3 unspecified atom stereocenters. The summed E-state index contributed by atoms with van der Waals surface area (Å²) in [7, 11) is -9.90. The van der Waals surface area contributed by atoms with Crippen molar-refractivity contribution < 1.29 is 80.2 Å². The van der Waals surface area contributed by atoms with E-state index in [4.69, 9.17) is 37.0 Å². The second-order valence-electron chi connectivity index (χ2n) is 27.1. The van der Waals surface area contributed by atoms with Crippen molar-refractivity contribution in [2.24, 2.45) is 11.8 Å². The van der Waals surface area contributed by atoms with E-state index in [1.807, 2.05) is 0 Å². The first-order chi connectivity index (χ1) is 44.4. The predicted octanol–water partition coefficient (Wildman–Crippen LogP) is 21.2. The molecule has 0 radical (unpaired) electrons. The first-order valence-electron chi connectivity index (χ1n) is 38.0. The summed E-state index contributed by atoms with van der Waals surface area (Å²) in [5.41, 5.74) is 0. The fourth-order valence-electron chi connectivity index (χ4n) is 11.1. The molecule has 3 N–H and O–H groups in total. The van der Waals surface area contributed by atoms with Gasteiger partial charge in [-0.05, 0) is 37.5 Å². The molecule has 0 aromatic heterocycles. The maximum absolute atomic E-state index is 13.1. The summed E-state index contributed by atoms with van der Waals surface area (Å²) < 4.78 is 68.2. The number of carbonyl (C=O) groups is 4. The Balaban J connectivity index is 5.16. The molecule has 0 aliphatic carbocycles. The third-order valence-corrected chi connectivity index (χ3v) is 19.2. The van der Waals surface area contributed by atoms with Gasteiger partial charge in [0.25, 0.3) is 0 Å². The van der Waals surface area contributed by atoms with Crippen molar-refractivity contribution in [3.63, 3.8) is 0 Å². The van der Waals surface area contributed by atoms with Gasteiger partial charge in [0.05, 0.1) is 26.4 Å². The fraction of sp³-hybridized carbons (Fsp3) is 0.945. The molecule has 0 bridgehead atoms. The topological polar surface area (TPSA) is 237 Å². The quantitative estimate of drug-likeness (QED) is 0.0222. The molecule has 0 spiro atoms. The first kappa shape index (κ1) is 90.1. The third-order valence-electron chi connectivity index (χ3n) is 17.3. The van der Waals surface area contributed by atoms with E-state index < -0.39 is 97.5 Å². The molecule has 0 aromatic carbocycles. The van der Waals surface area contributed by atoms with E-state index in [9.17, 15) is 43.2 Å². The molecular weight excluding hydrogens is 1210 g/mol. The Morgan fingerprint density at radius 1 is 0.315 bits per heavy atom. The molecule has 6 atom stereocenters. The van der Waals surface area contributed by atoms with Crippen molar-refractivity contribution in [1.29, 1.82) is 0 Å². The van der Waals surface area contributed by atoms with E-state index in [1.54, 1.807) is 0 Å². The molecule has 0 aliphatic heterocycles. The minimum Gasteiger partial charge on any atom is -0.462 e. The SMILES string of the molecule is CCCCCCCCCCCCCCCCCCCCCCCC(=O)O[C@H](COC(=O)CCCCCCCCCCCCC(C)CC)COP(=O)(O)OC[C@@H](O)COP(=O)(O)OC[C@@H](COC(=O)CCCCCCCCC)OC(=O)CCCCCCCCCC(C)C. The van der Waals surface area contributed by atoms with Gasteiger partial charge in [-0.3, -0.25) is 37.3 Å². The van der Waals surface area contributed by atoms with Crippen LogP contribution in [0.15, 0.2) is 0 Å². The number of ether oxygens (including phenoxy) is 4. The van der Waals surface area contributed by atoms with E-state index >= 15 is 0 Å². The van der Waals surface area contributed by atoms with Crippen molar-refractivity contribution in [1.82, 2.24) is 0 Å². The lowest BCUT2D eigenvalue weighted by molar-refractivity contribution is -0.161. The zero-order valence-corrected chi connectivity index (χ0v) is 61.6. The lowest BCUT2D eigenvalue weighted by Crippen LogP contribution is -2.30. The molecule has 19 heteroatoms. The van der Waals surface area contributed by atoms with Gasteiger partial charge in [-0.25, -0.2) is 9.13 Å². The summed E-state index contributed by atoms with van der Waals surface area (Å²) >= 11 is 0. The molecular formula is C73H142O17P2. The number of phosphoric ester groups is 2. The van der Waals surface area contributed by atoms with E-state index in [1.165, 1.54) is 180 Å².